The van der Waals surface area contributed by atoms with Gasteiger partial charge in [0, 0.05) is 13.5 Å². The van der Waals surface area contributed by atoms with Gasteiger partial charge in [0.2, 0.25) is 10.2 Å². The van der Waals surface area contributed by atoms with Gasteiger partial charge in [0.15, 0.2) is 0 Å². The van der Waals surface area contributed by atoms with Crippen molar-refractivity contribution in [2.45, 2.75) is 30.5 Å². The summed E-state index contributed by atoms with van der Waals surface area (Å²) in [5.74, 6) is -0.219. The molecule has 0 aliphatic carbocycles. The van der Waals surface area contributed by atoms with Crippen molar-refractivity contribution in [3.05, 3.63) is 18.0 Å². The SMILES string of the molecule is C/C=C(CCCC(=O)Nc1cnc(S(N)(=O)=O)s1)\N=N/C. The zero-order valence-electron chi connectivity index (χ0n) is 11.7. The summed E-state index contributed by atoms with van der Waals surface area (Å²) in [7, 11) is -2.24. The number of nitrogens with two attached hydrogens (primary N) is 1. The number of amides is 1. The summed E-state index contributed by atoms with van der Waals surface area (Å²) in [6.07, 6.45) is 4.66. The van der Waals surface area contributed by atoms with E-state index in [1.165, 1.54) is 6.20 Å². The van der Waals surface area contributed by atoms with Crippen LogP contribution in [0.1, 0.15) is 26.2 Å². The Balaban J connectivity index is 2.46. The average molecular weight is 331 g/mol. The van der Waals surface area contributed by atoms with E-state index in [2.05, 4.69) is 20.5 Å². The first-order chi connectivity index (χ1) is 9.86. The van der Waals surface area contributed by atoms with Crippen LogP contribution >= 0.6 is 11.3 Å². The number of anilines is 1. The van der Waals surface area contributed by atoms with E-state index < -0.39 is 10.0 Å². The highest BCUT2D eigenvalue weighted by Gasteiger charge is 2.14. The van der Waals surface area contributed by atoms with Gasteiger partial charge in [-0.15, -0.1) is 0 Å². The molecule has 1 amide bonds. The monoisotopic (exact) mass is 331 g/mol. The van der Waals surface area contributed by atoms with Gasteiger partial charge in [-0.1, -0.05) is 17.4 Å². The molecule has 0 radical (unpaired) electrons. The molecule has 0 unspecified atom stereocenters. The highest BCUT2D eigenvalue weighted by molar-refractivity contribution is 7.91. The van der Waals surface area contributed by atoms with Crippen LogP contribution in [0.25, 0.3) is 0 Å². The molecule has 21 heavy (non-hydrogen) atoms. The van der Waals surface area contributed by atoms with Crippen molar-refractivity contribution in [2.75, 3.05) is 12.4 Å². The Labute approximate surface area is 127 Å². The molecule has 1 heterocycles. The number of thiazole rings is 1. The number of rotatable bonds is 7. The van der Waals surface area contributed by atoms with Crippen LogP contribution in [0.4, 0.5) is 5.00 Å². The van der Waals surface area contributed by atoms with Crippen molar-refractivity contribution in [2.24, 2.45) is 15.4 Å². The number of nitrogens with one attached hydrogen (secondary N) is 1. The lowest BCUT2D eigenvalue weighted by molar-refractivity contribution is -0.116. The molecule has 0 atom stereocenters. The van der Waals surface area contributed by atoms with Gasteiger partial charge in [-0.2, -0.15) is 10.2 Å². The van der Waals surface area contributed by atoms with Gasteiger partial charge in [-0.25, -0.2) is 18.5 Å². The molecule has 1 aromatic rings. The zero-order chi connectivity index (χ0) is 15.9. The van der Waals surface area contributed by atoms with E-state index in [4.69, 9.17) is 5.14 Å². The Hall–Kier alpha value is -1.65. The fraction of sp³-hybridized carbons (Fsp3) is 0.455. The first-order valence-corrected chi connectivity index (χ1v) is 8.46. The van der Waals surface area contributed by atoms with E-state index in [9.17, 15) is 13.2 Å². The molecule has 3 N–H and O–H groups in total. The van der Waals surface area contributed by atoms with E-state index in [1.807, 2.05) is 13.0 Å². The minimum Gasteiger partial charge on any atom is -0.316 e. The lowest BCUT2D eigenvalue weighted by atomic mass is 10.2. The molecule has 0 bridgehead atoms. The number of hydrogen-bond acceptors (Lipinski definition) is 7. The number of allylic oxidation sites excluding steroid dienone is 2. The highest BCUT2D eigenvalue weighted by atomic mass is 32.2. The van der Waals surface area contributed by atoms with Crippen LogP contribution in [0.2, 0.25) is 0 Å². The van der Waals surface area contributed by atoms with Crippen molar-refractivity contribution in [3.63, 3.8) is 0 Å². The highest BCUT2D eigenvalue weighted by Crippen LogP contribution is 2.22. The molecule has 0 aliphatic rings. The Kier molecular flexibility index (Phi) is 6.59. The molecule has 0 saturated heterocycles. The fourth-order valence-electron chi connectivity index (χ4n) is 1.46. The maximum Gasteiger partial charge on any atom is 0.265 e. The number of hydrogen-bond donors (Lipinski definition) is 2. The van der Waals surface area contributed by atoms with Crippen molar-refractivity contribution in [3.8, 4) is 0 Å². The van der Waals surface area contributed by atoms with Gasteiger partial charge in [0.25, 0.3) is 10.0 Å². The van der Waals surface area contributed by atoms with Crippen molar-refractivity contribution < 1.29 is 13.2 Å². The van der Waals surface area contributed by atoms with Crippen LogP contribution in [0.15, 0.2) is 32.5 Å². The van der Waals surface area contributed by atoms with Crippen LogP contribution in [0.3, 0.4) is 0 Å². The third-order valence-corrected chi connectivity index (χ3v) is 4.64. The van der Waals surface area contributed by atoms with E-state index >= 15 is 0 Å². The molecule has 0 aromatic carbocycles. The summed E-state index contributed by atoms with van der Waals surface area (Å²) in [5, 5.41) is 15.5. The predicted molar refractivity (Wildman–Crippen MR) is 80.5 cm³/mol. The minimum atomic E-state index is -3.83. The van der Waals surface area contributed by atoms with Crippen molar-refractivity contribution in [1.82, 2.24) is 4.98 Å². The Morgan fingerprint density at radius 1 is 1.52 bits per heavy atom. The lowest BCUT2D eigenvalue weighted by Gasteiger charge is -2.02. The third kappa shape index (κ3) is 6.10. The number of aromatic nitrogens is 1. The van der Waals surface area contributed by atoms with Crippen LogP contribution in [-0.2, 0) is 14.8 Å². The smallest absolute Gasteiger partial charge is 0.265 e. The number of sulfonamides is 1. The Morgan fingerprint density at radius 3 is 2.76 bits per heavy atom. The van der Waals surface area contributed by atoms with Gasteiger partial charge < -0.3 is 5.32 Å². The van der Waals surface area contributed by atoms with Crippen LogP contribution in [-0.4, -0.2) is 26.4 Å². The maximum atomic E-state index is 11.7. The summed E-state index contributed by atoms with van der Waals surface area (Å²) in [4.78, 5) is 15.4. The second-order valence-electron chi connectivity index (χ2n) is 4.02. The fourth-order valence-corrected chi connectivity index (χ4v) is 2.96. The van der Waals surface area contributed by atoms with Gasteiger partial charge in [-0.05, 0) is 19.8 Å². The second-order valence-corrected chi connectivity index (χ2v) is 6.78. The van der Waals surface area contributed by atoms with Gasteiger partial charge in [-0.3, -0.25) is 4.79 Å². The van der Waals surface area contributed by atoms with Crippen LogP contribution in [0, 0.1) is 0 Å². The van der Waals surface area contributed by atoms with Gasteiger partial charge in [0.1, 0.15) is 5.00 Å². The van der Waals surface area contributed by atoms with E-state index in [0.29, 0.717) is 24.3 Å². The summed E-state index contributed by atoms with van der Waals surface area (Å²) < 4.78 is 21.9. The van der Waals surface area contributed by atoms with Crippen LogP contribution in [0.5, 0.6) is 0 Å². The molecule has 0 spiro atoms. The van der Waals surface area contributed by atoms with Crippen LogP contribution < -0.4 is 10.5 Å². The average Bonchev–Trinajstić information content (AvgIpc) is 2.86. The topological polar surface area (TPSA) is 127 Å². The third-order valence-electron chi connectivity index (χ3n) is 2.39. The molecule has 1 rings (SSSR count). The van der Waals surface area contributed by atoms with Crippen molar-refractivity contribution >= 4 is 32.3 Å². The molecular formula is C11H17N5O3S2. The number of carbonyl (C=O) groups is 1. The first-order valence-electron chi connectivity index (χ1n) is 6.10. The Bertz CT molecular complexity index is 649. The van der Waals surface area contributed by atoms with E-state index in [1.54, 1.807) is 7.05 Å². The largest absolute Gasteiger partial charge is 0.316 e. The molecule has 116 valence electrons. The molecular weight excluding hydrogens is 314 g/mol. The first kappa shape index (κ1) is 17.4. The molecule has 0 saturated carbocycles. The van der Waals surface area contributed by atoms with Gasteiger partial charge in [0.05, 0.1) is 11.9 Å². The normalized spacial score (nSPS) is 12.8. The Morgan fingerprint density at radius 2 is 2.24 bits per heavy atom. The molecule has 10 heteroatoms. The van der Waals surface area contributed by atoms with E-state index in [0.717, 1.165) is 17.0 Å². The summed E-state index contributed by atoms with van der Waals surface area (Å²) in [5.41, 5.74) is 0.819. The number of primary sulfonamides is 1. The van der Waals surface area contributed by atoms with Gasteiger partial charge >= 0.3 is 0 Å². The summed E-state index contributed by atoms with van der Waals surface area (Å²) in [6, 6.07) is 0. The molecule has 1 aromatic heterocycles. The molecule has 0 aliphatic heterocycles. The summed E-state index contributed by atoms with van der Waals surface area (Å²) >= 11 is 0.820. The number of carbonyl (C=O) groups excluding carboxylic acids is 1. The quantitative estimate of drug-likeness (QED) is 0.739. The molecule has 8 nitrogen and oxygen atoms in total. The minimum absolute atomic E-state index is 0.219. The zero-order valence-corrected chi connectivity index (χ0v) is 13.4. The molecule has 0 fully saturated rings. The maximum absolute atomic E-state index is 11.7. The van der Waals surface area contributed by atoms with Crippen molar-refractivity contribution in [1.29, 1.82) is 0 Å². The lowest BCUT2D eigenvalue weighted by Crippen LogP contribution is -2.11. The summed E-state index contributed by atoms with van der Waals surface area (Å²) in [6.45, 7) is 1.86. The standard InChI is InChI=1S/C11H17N5O3S2/c1-3-8(16-13-2)5-4-6-9(17)15-10-7-14-11(20-10)21(12,18)19/h3,7H,4-6H2,1-2H3,(H,15,17)(H2,12,18,19)/b8-3-,16-13-. The second kappa shape index (κ2) is 7.96. The number of azo groups is 1. The predicted octanol–water partition coefficient (Wildman–Crippen LogP) is 1.89. The van der Waals surface area contributed by atoms with E-state index in [-0.39, 0.29) is 10.2 Å². The number of nitrogens with zero attached hydrogens (tertiary/aromatic N) is 3.